The predicted octanol–water partition coefficient (Wildman–Crippen LogP) is 3.84. The lowest BCUT2D eigenvalue weighted by Crippen LogP contribution is -2.29. The standard InChI is InChI=1S/C18H18BrNO2/c19-6-8-20-7-5-13-9-17-18(22-12-21-17)10-16(13)15-4-2-1-3-14(15)11-20/h1-4,9-10H,5-8,11-12H2. The highest BCUT2D eigenvalue weighted by Crippen LogP contribution is 2.40. The first-order valence-corrected chi connectivity index (χ1v) is 8.76. The maximum atomic E-state index is 5.57. The van der Waals surface area contributed by atoms with Crippen LogP contribution in [0.4, 0.5) is 0 Å². The first kappa shape index (κ1) is 14.1. The minimum absolute atomic E-state index is 0.329. The molecule has 2 heterocycles. The van der Waals surface area contributed by atoms with E-state index < -0.39 is 0 Å². The lowest BCUT2D eigenvalue weighted by molar-refractivity contribution is 0.174. The summed E-state index contributed by atoms with van der Waals surface area (Å²) in [6, 6.07) is 13.0. The van der Waals surface area contributed by atoms with E-state index in [1.807, 2.05) is 0 Å². The van der Waals surface area contributed by atoms with Gasteiger partial charge in [-0.3, -0.25) is 4.90 Å². The molecule has 2 aromatic rings. The molecular weight excluding hydrogens is 342 g/mol. The highest BCUT2D eigenvalue weighted by molar-refractivity contribution is 9.09. The monoisotopic (exact) mass is 359 g/mol. The van der Waals surface area contributed by atoms with E-state index in [0.29, 0.717) is 6.79 Å². The van der Waals surface area contributed by atoms with Crippen LogP contribution in [0, 0.1) is 0 Å². The number of rotatable bonds is 2. The van der Waals surface area contributed by atoms with Crippen molar-refractivity contribution in [3.63, 3.8) is 0 Å². The van der Waals surface area contributed by atoms with Gasteiger partial charge in [0.2, 0.25) is 6.79 Å². The molecule has 22 heavy (non-hydrogen) atoms. The zero-order valence-corrected chi connectivity index (χ0v) is 13.9. The van der Waals surface area contributed by atoms with Crippen molar-refractivity contribution in [2.24, 2.45) is 0 Å². The van der Waals surface area contributed by atoms with E-state index in [4.69, 9.17) is 9.47 Å². The van der Waals surface area contributed by atoms with Gasteiger partial charge in [0.1, 0.15) is 0 Å². The summed E-state index contributed by atoms with van der Waals surface area (Å²) in [4.78, 5) is 2.50. The second-order valence-corrected chi connectivity index (χ2v) is 6.53. The van der Waals surface area contributed by atoms with Gasteiger partial charge in [0.25, 0.3) is 0 Å². The number of halogens is 1. The van der Waals surface area contributed by atoms with Crippen LogP contribution in [0.1, 0.15) is 11.1 Å². The van der Waals surface area contributed by atoms with Crippen LogP contribution in [0.25, 0.3) is 11.1 Å². The van der Waals surface area contributed by atoms with E-state index in [9.17, 15) is 0 Å². The van der Waals surface area contributed by atoms with Gasteiger partial charge in [-0.25, -0.2) is 0 Å². The van der Waals surface area contributed by atoms with Gasteiger partial charge in [-0.05, 0) is 40.8 Å². The number of hydrogen-bond donors (Lipinski definition) is 0. The largest absolute Gasteiger partial charge is 0.454 e. The zero-order chi connectivity index (χ0) is 14.9. The number of hydrogen-bond acceptors (Lipinski definition) is 3. The van der Waals surface area contributed by atoms with Crippen LogP contribution in [0.5, 0.6) is 11.5 Å². The topological polar surface area (TPSA) is 21.7 Å². The molecule has 114 valence electrons. The molecule has 0 aromatic heterocycles. The number of ether oxygens (including phenoxy) is 2. The van der Waals surface area contributed by atoms with Crippen LogP contribution in [0.3, 0.4) is 0 Å². The van der Waals surface area contributed by atoms with Gasteiger partial charge in [-0.2, -0.15) is 0 Å². The Balaban J connectivity index is 1.83. The molecule has 0 saturated carbocycles. The molecule has 0 aliphatic carbocycles. The number of alkyl halides is 1. The molecule has 4 rings (SSSR count). The van der Waals surface area contributed by atoms with Crippen LogP contribution in [0.15, 0.2) is 36.4 Å². The molecule has 0 fully saturated rings. The first-order valence-electron chi connectivity index (χ1n) is 7.64. The van der Waals surface area contributed by atoms with E-state index in [1.165, 1.54) is 22.3 Å². The second kappa shape index (κ2) is 5.94. The molecule has 0 atom stereocenters. The van der Waals surface area contributed by atoms with Gasteiger partial charge >= 0.3 is 0 Å². The highest BCUT2D eigenvalue weighted by atomic mass is 79.9. The van der Waals surface area contributed by atoms with Crippen molar-refractivity contribution in [2.75, 3.05) is 25.2 Å². The Kier molecular flexibility index (Phi) is 3.80. The Bertz CT molecular complexity index is 701. The van der Waals surface area contributed by atoms with Gasteiger partial charge in [0.05, 0.1) is 0 Å². The minimum Gasteiger partial charge on any atom is -0.454 e. The van der Waals surface area contributed by atoms with E-state index in [1.54, 1.807) is 0 Å². The molecule has 3 nitrogen and oxygen atoms in total. The first-order chi connectivity index (χ1) is 10.8. The highest BCUT2D eigenvalue weighted by Gasteiger charge is 2.22. The summed E-state index contributed by atoms with van der Waals surface area (Å²) in [5.74, 6) is 1.75. The van der Waals surface area contributed by atoms with Crippen molar-refractivity contribution >= 4 is 15.9 Å². The van der Waals surface area contributed by atoms with Crippen LogP contribution >= 0.6 is 15.9 Å². The lowest BCUT2D eigenvalue weighted by Gasteiger charge is -2.27. The fourth-order valence-corrected chi connectivity index (χ4v) is 3.77. The Morgan fingerprint density at radius 3 is 2.68 bits per heavy atom. The Labute approximate surface area is 139 Å². The number of fused-ring (bicyclic) bond motifs is 4. The summed E-state index contributed by atoms with van der Waals surface area (Å²) in [6.45, 7) is 3.45. The lowest BCUT2D eigenvalue weighted by atomic mass is 9.91. The summed E-state index contributed by atoms with van der Waals surface area (Å²) < 4.78 is 11.1. The molecule has 2 aliphatic heterocycles. The molecule has 0 bridgehead atoms. The quantitative estimate of drug-likeness (QED) is 0.760. The van der Waals surface area contributed by atoms with Gasteiger partial charge in [-0.15, -0.1) is 0 Å². The third-order valence-electron chi connectivity index (χ3n) is 4.40. The summed E-state index contributed by atoms with van der Waals surface area (Å²) in [7, 11) is 0. The number of benzene rings is 2. The molecule has 0 saturated heterocycles. The van der Waals surface area contributed by atoms with Crippen LogP contribution in [-0.2, 0) is 13.0 Å². The molecule has 0 spiro atoms. The average molecular weight is 360 g/mol. The Morgan fingerprint density at radius 2 is 1.82 bits per heavy atom. The van der Waals surface area contributed by atoms with Crippen molar-refractivity contribution in [1.82, 2.24) is 4.90 Å². The van der Waals surface area contributed by atoms with Crippen LogP contribution in [0.2, 0.25) is 0 Å². The third kappa shape index (κ3) is 2.50. The minimum atomic E-state index is 0.329. The summed E-state index contributed by atoms with van der Waals surface area (Å²) in [5.41, 5.74) is 5.33. The molecular formula is C18H18BrNO2. The maximum absolute atomic E-state index is 5.57. The summed E-state index contributed by atoms with van der Waals surface area (Å²) >= 11 is 3.56. The van der Waals surface area contributed by atoms with Crippen molar-refractivity contribution in [3.8, 4) is 22.6 Å². The normalized spacial score (nSPS) is 16.6. The maximum Gasteiger partial charge on any atom is 0.231 e. The van der Waals surface area contributed by atoms with Gasteiger partial charge in [0, 0.05) is 25.0 Å². The van der Waals surface area contributed by atoms with E-state index in [0.717, 1.165) is 42.9 Å². The van der Waals surface area contributed by atoms with E-state index in [2.05, 4.69) is 57.2 Å². The molecule has 0 N–H and O–H groups in total. The third-order valence-corrected chi connectivity index (χ3v) is 4.75. The SMILES string of the molecule is BrCCN1CCc2cc3c(cc2-c2ccccc2C1)OCO3. The molecule has 4 heteroatoms. The van der Waals surface area contributed by atoms with Crippen molar-refractivity contribution in [3.05, 3.63) is 47.5 Å². The molecule has 2 aliphatic rings. The molecule has 0 amide bonds. The van der Waals surface area contributed by atoms with Crippen LogP contribution < -0.4 is 9.47 Å². The molecule has 0 unspecified atom stereocenters. The smallest absolute Gasteiger partial charge is 0.231 e. The zero-order valence-electron chi connectivity index (χ0n) is 12.3. The van der Waals surface area contributed by atoms with Gasteiger partial charge < -0.3 is 9.47 Å². The average Bonchev–Trinajstić information content (AvgIpc) is 2.98. The molecule has 0 radical (unpaired) electrons. The van der Waals surface area contributed by atoms with Crippen LogP contribution in [-0.4, -0.2) is 30.1 Å². The van der Waals surface area contributed by atoms with Gasteiger partial charge in [0.15, 0.2) is 11.5 Å². The fourth-order valence-electron chi connectivity index (χ4n) is 3.27. The van der Waals surface area contributed by atoms with E-state index >= 15 is 0 Å². The Hall–Kier alpha value is -1.52. The Morgan fingerprint density at radius 1 is 1.00 bits per heavy atom. The fraction of sp³-hybridized carbons (Fsp3) is 0.333. The summed E-state index contributed by atoms with van der Waals surface area (Å²) in [6.07, 6.45) is 1.04. The van der Waals surface area contributed by atoms with Gasteiger partial charge in [-0.1, -0.05) is 40.2 Å². The van der Waals surface area contributed by atoms with Crippen molar-refractivity contribution in [2.45, 2.75) is 13.0 Å². The van der Waals surface area contributed by atoms with E-state index in [-0.39, 0.29) is 0 Å². The predicted molar refractivity (Wildman–Crippen MR) is 90.8 cm³/mol. The number of nitrogens with zero attached hydrogens (tertiary/aromatic N) is 1. The van der Waals surface area contributed by atoms with Crippen molar-refractivity contribution in [1.29, 1.82) is 0 Å². The summed E-state index contributed by atoms with van der Waals surface area (Å²) in [5, 5.41) is 1.00. The molecule has 2 aromatic carbocycles. The van der Waals surface area contributed by atoms with Crippen molar-refractivity contribution < 1.29 is 9.47 Å². The second-order valence-electron chi connectivity index (χ2n) is 5.73.